The van der Waals surface area contributed by atoms with Crippen molar-refractivity contribution in [1.82, 2.24) is 0 Å². The fraction of sp³-hybridized carbons (Fsp3) is 0. The van der Waals surface area contributed by atoms with E-state index in [2.05, 4.69) is 22.6 Å². The number of hydrogen-bond acceptors (Lipinski definition) is 4. The molecule has 2 rings (SSSR count). The maximum atomic E-state index is 11.8. The Labute approximate surface area is 122 Å². The van der Waals surface area contributed by atoms with Crippen LogP contribution in [0.3, 0.4) is 0 Å². The molecule has 0 N–H and O–H groups in total. The monoisotopic (exact) mass is 369 g/mol. The molecule has 0 aliphatic heterocycles. The van der Waals surface area contributed by atoms with Gasteiger partial charge in [-0.1, -0.05) is 0 Å². The van der Waals surface area contributed by atoms with Gasteiger partial charge in [-0.3, -0.25) is 10.1 Å². The van der Waals surface area contributed by atoms with Gasteiger partial charge >= 0.3 is 5.97 Å². The first-order valence-electron chi connectivity index (χ1n) is 5.28. The number of ether oxygens (including phenoxy) is 1. The number of rotatable bonds is 3. The summed E-state index contributed by atoms with van der Waals surface area (Å²) >= 11 is 2.15. The first-order chi connectivity index (χ1) is 9.06. The zero-order valence-electron chi connectivity index (χ0n) is 9.58. The third kappa shape index (κ3) is 3.50. The van der Waals surface area contributed by atoms with Gasteiger partial charge in [-0.25, -0.2) is 4.79 Å². The topological polar surface area (TPSA) is 69.4 Å². The molecule has 2 aromatic rings. The van der Waals surface area contributed by atoms with Crippen LogP contribution in [-0.4, -0.2) is 10.9 Å². The number of non-ortho nitro benzene ring substituents is 1. The van der Waals surface area contributed by atoms with E-state index in [0.29, 0.717) is 5.75 Å². The molecule has 0 heterocycles. The SMILES string of the molecule is O=C(Oc1ccc(I)cc1)c1ccc([N+](=O)[O-])cc1. The lowest BCUT2D eigenvalue weighted by Crippen LogP contribution is -2.08. The van der Waals surface area contributed by atoms with Gasteiger partial charge in [0.25, 0.3) is 5.69 Å². The number of nitrogens with zero attached hydrogens (tertiary/aromatic N) is 1. The van der Waals surface area contributed by atoms with E-state index in [4.69, 9.17) is 4.74 Å². The van der Waals surface area contributed by atoms with Crippen LogP contribution in [0.1, 0.15) is 10.4 Å². The Hall–Kier alpha value is -1.96. The largest absolute Gasteiger partial charge is 0.423 e. The average molecular weight is 369 g/mol. The highest BCUT2D eigenvalue weighted by molar-refractivity contribution is 14.1. The van der Waals surface area contributed by atoms with Gasteiger partial charge in [-0.2, -0.15) is 0 Å². The lowest BCUT2D eigenvalue weighted by atomic mass is 10.2. The van der Waals surface area contributed by atoms with E-state index in [1.807, 2.05) is 12.1 Å². The van der Waals surface area contributed by atoms with Crippen molar-refractivity contribution in [2.24, 2.45) is 0 Å². The van der Waals surface area contributed by atoms with Crippen molar-refractivity contribution in [3.8, 4) is 5.75 Å². The van der Waals surface area contributed by atoms with E-state index in [-0.39, 0.29) is 11.3 Å². The van der Waals surface area contributed by atoms with E-state index < -0.39 is 10.9 Å². The summed E-state index contributed by atoms with van der Waals surface area (Å²) in [6.07, 6.45) is 0. The molecule has 0 bridgehead atoms. The molecule has 5 nitrogen and oxygen atoms in total. The first-order valence-corrected chi connectivity index (χ1v) is 6.36. The van der Waals surface area contributed by atoms with Crippen molar-refractivity contribution in [1.29, 1.82) is 0 Å². The summed E-state index contributed by atoms with van der Waals surface area (Å²) in [5, 5.41) is 10.5. The molecule has 0 aliphatic rings. The Balaban J connectivity index is 2.11. The van der Waals surface area contributed by atoms with E-state index in [1.54, 1.807) is 12.1 Å². The minimum absolute atomic E-state index is 0.0641. The highest BCUT2D eigenvalue weighted by atomic mass is 127. The minimum Gasteiger partial charge on any atom is -0.423 e. The smallest absolute Gasteiger partial charge is 0.343 e. The second kappa shape index (κ2) is 5.79. The third-order valence-electron chi connectivity index (χ3n) is 2.34. The molecule has 0 aliphatic carbocycles. The van der Waals surface area contributed by atoms with E-state index in [0.717, 1.165) is 3.57 Å². The molecule has 0 radical (unpaired) electrons. The van der Waals surface area contributed by atoms with E-state index in [1.165, 1.54) is 24.3 Å². The standard InChI is InChI=1S/C13H8INO4/c14-10-3-7-12(8-4-10)19-13(16)9-1-5-11(6-2-9)15(17)18/h1-8H. The number of carbonyl (C=O) groups is 1. The summed E-state index contributed by atoms with van der Waals surface area (Å²) in [5.74, 6) is -0.111. The van der Waals surface area contributed by atoms with Crippen LogP contribution in [-0.2, 0) is 0 Å². The van der Waals surface area contributed by atoms with Crippen LogP contribution in [0.25, 0.3) is 0 Å². The molecule has 19 heavy (non-hydrogen) atoms. The Morgan fingerprint density at radius 3 is 2.16 bits per heavy atom. The molecule has 0 unspecified atom stereocenters. The molecule has 6 heteroatoms. The summed E-state index contributed by atoms with van der Waals surface area (Å²) in [4.78, 5) is 21.8. The number of hydrogen-bond donors (Lipinski definition) is 0. The summed E-state index contributed by atoms with van der Waals surface area (Å²) in [7, 11) is 0. The van der Waals surface area contributed by atoms with Crippen molar-refractivity contribution in [2.45, 2.75) is 0 Å². The van der Waals surface area contributed by atoms with Gasteiger partial charge in [0.15, 0.2) is 0 Å². The predicted molar refractivity (Wildman–Crippen MR) is 77.2 cm³/mol. The highest BCUT2D eigenvalue weighted by Crippen LogP contribution is 2.17. The van der Waals surface area contributed by atoms with Crippen molar-refractivity contribution in [3.05, 3.63) is 67.8 Å². The summed E-state index contributed by atoms with van der Waals surface area (Å²) in [6.45, 7) is 0. The number of carbonyl (C=O) groups excluding carboxylic acids is 1. The summed E-state index contributed by atoms with van der Waals surface area (Å²) in [6, 6.07) is 12.3. The molecule has 0 atom stereocenters. The lowest BCUT2D eigenvalue weighted by molar-refractivity contribution is -0.384. The molecule has 0 spiro atoms. The number of nitro benzene ring substituents is 1. The number of nitro groups is 1. The molecule has 0 aromatic heterocycles. The van der Waals surface area contributed by atoms with Crippen LogP contribution in [0.15, 0.2) is 48.5 Å². The first kappa shape index (κ1) is 13.5. The fourth-order valence-electron chi connectivity index (χ4n) is 1.39. The van der Waals surface area contributed by atoms with Crippen LogP contribution in [0.4, 0.5) is 5.69 Å². The molecule has 0 fully saturated rings. The molecule has 0 saturated heterocycles. The highest BCUT2D eigenvalue weighted by Gasteiger charge is 2.11. The maximum Gasteiger partial charge on any atom is 0.343 e. The second-order valence-corrected chi connectivity index (χ2v) is 4.89. The summed E-state index contributed by atoms with van der Waals surface area (Å²) < 4.78 is 6.18. The van der Waals surface area contributed by atoms with Crippen LogP contribution in [0, 0.1) is 13.7 Å². The summed E-state index contributed by atoms with van der Waals surface area (Å²) in [5.41, 5.74) is 0.204. The molecule has 0 saturated carbocycles. The number of benzene rings is 2. The molecular formula is C13H8INO4. The lowest BCUT2D eigenvalue weighted by Gasteiger charge is -2.04. The van der Waals surface area contributed by atoms with Crippen molar-refractivity contribution >= 4 is 34.2 Å². The zero-order chi connectivity index (χ0) is 13.8. The van der Waals surface area contributed by atoms with Crippen LogP contribution in [0.2, 0.25) is 0 Å². The molecular weight excluding hydrogens is 361 g/mol. The molecule has 0 amide bonds. The van der Waals surface area contributed by atoms with Gasteiger partial charge in [0.05, 0.1) is 10.5 Å². The molecule has 96 valence electrons. The quantitative estimate of drug-likeness (QED) is 0.273. The van der Waals surface area contributed by atoms with Gasteiger partial charge in [-0.05, 0) is 59.0 Å². The fourth-order valence-corrected chi connectivity index (χ4v) is 1.75. The Morgan fingerprint density at radius 1 is 1.05 bits per heavy atom. The number of halogens is 1. The Kier molecular flexibility index (Phi) is 4.10. The van der Waals surface area contributed by atoms with Gasteiger partial charge in [0.2, 0.25) is 0 Å². The van der Waals surface area contributed by atoms with Crippen molar-refractivity contribution in [2.75, 3.05) is 0 Å². The zero-order valence-corrected chi connectivity index (χ0v) is 11.7. The Morgan fingerprint density at radius 2 is 1.63 bits per heavy atom. The molecule has 2 aromatic carbocycles. The normalized spacial score (nSPS) is 9.95. The van der Waals surface area contributed by atoms with Gasteiger partial charge in [0, 0.05) is 15.7 Å². The van der Waals surface area contributed by atoms with Crippen molar-refractivity contribution in [3.63, 3.8) is 0 Å². The predicted octanol–water partition coefficient (Wildman–Crippen LogP) is 3.42. The average Bonchev–Trinajstić information content (AvgIpc) is 2.41. The number of esters is 1. The van der Waals surface area contributed by atoms with Gasteiger partial charge < -0.3 is 4.74 Å². The van der Waals surface area contributed by atoms with Crippen LogP contribution in [0.5, 0.6) is 5.75 Å². The van der Waals surface area contributed by atoms with Gasteiger partial charge in [-0.15, -0.1) is 0 Å². The van der Waals surface area contributed by atoms with Crippen molar-refractivity contribution < 1.29 is 14.5 Å². The van der Waals surface area contributed by atoms with Crippen LogP contribution < -0.4 is 4.74 Å². The third-order valence-corrected chi connectivity index (χ3v) is 3.06. The Bertz CT molecular complexity index is 608. The van der Waals surface area contributed by atoms with Crippen LogP contribution >= 0.6 is 22.6 Å². The van der Waals surface area contributed by atoms with E-state index in [9.17, 15) is 14.9 Å². The second-order valence-electron chi connectivity index (χ2n) is 3.65. The maximum absolute atomic E-state index is 11.8. The minimum atomic E-state index is -0.545. The van der Waals surface area contributed by atoms with E-state index >= 15 is 0 Å². The van der Waals surface area contributed by atoms with Gasteiger partial charge in [0.1, 0.15) is 5.75 Å².